The number of ether oxygens (including phenoxy) is 1. The van der Waals surface area contributed by atoms with E-state index in [1.54, 1.807) is 19.2 Å². The SMILES string of the molecule is C=C(/C=C\C(=C)N(C)CCOC)C(C)C.CC(C)c1ccc(S(C)(=O)=O)cc1. The molecule has 1 aromatic carbocycles. The highest BCUT2D eigenvalue weighted by molar-refractivity contribution is 7.90. The van der Waals surface area contributed by atoms with Crippen molar-refractivity contribution in [2.24, 2.45) is 5.92 Å². The van der Waals surface area contributed by atoms with Gasteiger partial charge in [-0.15, -0.1) is 0 Å². The molecule has 4 nitrogen and oxygen atoms in total. The van der Waals surface area contributed by atoms with Crippen LogP contribution in [0.25, 0.3) is 0 Å². The molecule has 0 N–H and O–H groups in total. The maximum Gasteiger partial charge on any atom is 0.175 e. The minimum atomic E-state index is -3.05. The minimum absolute atomic E-state index is 0.386. The van der Waals surface area contributed by atoms with E-state index in [1.165, 1.54) is 6.26 Å². The minimum Gasteiger partial charge on any atom is -0.383 e. The van der Waals surface area contributed by atoms with E-state index >= 15 is 0 Å². The predicted molar refractivity (Wildman–Crippen MR) is 120 cm³/mol. The number of sulfone groups is 1. The molecule has 0 radical (unpaired) electrons. The summed E-state index contributed by atoms with van der Waals surface area (Å²) in [5, 5.41) is 0. The molecule has 0 saturated carbocycles. The van der Waals surface area contributed by atoms with Crippen LogP contribution >= 0.6 is 0 Å². The van der Waals surface area contributed by atoms with Crippen LogP contribution in [-0.2, 0) is 14.6 Å². The summed E-state index contributed by atoms with van der Waals surface area (Å²) in [5.74, 6) is 0.923. The average Bonchev–Trinajstić information content (AvgIpc) is 2.63. The molecular formula is C23H37NO3S. The molecule has 0 aliphatic carbocycles. The summed E-state index contributed by atoms with van der Waals surface area (Å²) in [7, 11) is 0.660. The van der Waals surface area contributed by atoms with Crippen LogP contribution in [-0.4, -0.2) is 46.9 Å². The van der Waals surface area contributed by atoms with E-state index < -0.39 is 9.84 Å². The summed E-state index contributed by atoms with van der Waals surface area (Å²) in [6.07, 6.45) is 5.24. The topological polar surface area (TPSA) is 46.6 Å². The molecule has 1 aromatic rings. The molecule has 158 valence electrons. The van der Waals surface area contributed by atoms with Crippen LogP contribution in [0.2, 0.25) is 0 Å². The molecule has 0 spiro atoms. The quantitative estimate of drug-likeness (QED) is 0.537. The van der Waals surface area contributed by atoms with Crippen molar-refractivity contribution < 1.29 is 13.2 Å². The second-order valence-electron chi connectivity index (χ2n) is 7.46. The van der Waals surface area contributed by atoms with E-state index in [2.05, 4.69) is 45.8 Å². The molecule has 28 heavy (non-hydrogen) atoms. The molecule has 0 bridgehead atoms. The van der Waals surface area contributed by atoms with Crippen LogP contribution in [0.4, 0.5) is 0 Å². The molecule has 0 amide bonds. The van der Waals surface area contributed by atoms with E-state index in [0.29, 0.717) is 23.3 Å². The fraction of sp³-hybridized carbons (Fsp3) is 0.478. The lowest BCUT2D eigenvalue weighted by atomic mass is 10.0. The van der Waals surface area contributed by atoms with Crippen molar-refractivity contribution in [2.75, 3.05) is 33.6 Å². The van der Waals surface area contributed by atoms with Gasteiger partial charge in [0.25, 0.3) is 0 Å². The van der Waals surface area contributed by atoms with E-state index in [0.717, 1.165) is 23.4 Å². The largest absolute Gasteiger partial charge is 0.383 e. The van der Waals surface area contributed by atoms with Crippen molar-refractivity contribution in [3.8, 4) is 0 Å². The molecule has 5 heteroatoms. The van der Waals surface area contributed by atoms with Gasteiger partial charge in [0, 0.05) is 32.7 Å². The van der Waals surface area contributed by atoms with Crippen LogP contribution in [0.3, 0.4) is 0 Å². The molecule has 0 heterocycles. The first-order valence-electron chi connectivity index (χ1n) is 9.46. The third-order valence-corrected chi connectivity index (χ3v) is 5.46. The zero-order valence-corrected chi connectivity index (χ0v) is 19.3. The van der Waals surface area contributed by atoms with Crippen molar-refractivity contribution >= 4 is 9.84 Å². The number of allylic oxidation sites excluding steroid dienone is 3. The van der Waals surface area contributed by atoms with Crippen molar-refractivity contribution in [1.29, 1.82) is 0 Å². The van der Waals surface area contributed by atoms with Crippen LogP contribution < -0.4 is 0 Å². The molecule has 1 rings (SSSR count). The van der Waals surface area contributed by atoms with Gasteiger partial charge >= 0.3 is 0 Å². The smallest absolute Gasteiger partial charge is 0.175 e. The van der Waals surface area contributed by atoms with Gasteiger partial charge in [0.05, 0.1) is 11.5 Å². The predicted octanol–water partition coefficient (Wildman–Crippen LogP) is 5.06. The first-order chi connectivity index (χ1) is 12.9. The van der Waals surface area contributed by atoms with E-state index in [-0.39, 0.29) is 0 Å². The van der Waals surface area contributed by atoms with E-state index in [9.17, 15) is 8.42 Å². The average molecular weight is 408 g/mol. The standard InChI is InChI=1S/C13H23NO.C10H14O2S/c1-11(2)12(3)7-8-13(4)14(5)9-10-15-6;1-8(2)9-4-6-10(7-5-9)13(3,11)12/h7-8,11H,3-4,9-10H2,1-2,5-6H3;4-8H,1-3H3/b8-7-;. The third kappa shape index (κ3) is 10.5. The molecule has 0 saturated heterocycles. The highest BCUT2D eigenvalue weighted by atomic mass is 32.2. The van der Waals surface area contributed by atoms with E-state index in [1.807, 2.05) is 31.3 Å². The molecule has 0 aromatic heterocycles. The zero-order chi connectivity index (χ0) is 21.9. The fourth-order valence-corrected chi connectivity index (χ4v) is 2.63. The summed E-state index contributed by atoms with van der Waals surface area (Å²) in [4.78, 5) is 2.45. The summed E-state index contributed by atoms with van der Waals surface area (Å²) in [6, 6.07) is 7.04. The molecule has 0 fully saturated rings. The summed E-state index contributed by atoms with van der Waals surface area (Å²) >= 11 is 0. The number of hydrogen-bond acceptors (Lipinski definition) is 4. The maximum absolute atomic E-state index is 11.1. The Morgan fingerprint density at radius 1 is 1.11 bits per heavy atom. The van der Waals surface area contributed by atoms with Gasteiger partial charge in [0.2, 0.25) is 0 Å². The van der Waals surface area contributed by atoms with Crippen molar-refractivity contribution in [3.05, 3.63) is 66.4 Å². The van der Waals surface area contributed by atoms with Gasteiger partial charge in [-0.25, -0.2) is 8.42 Å². The first-order valence-corrected chi connectivity index (χ1v) is 11.3. The Morgan fingerprint density at radius 2 is 1.64 bits per heavy atom. The second-order valence-corrected chi connectivity index (χ2v) is 9.48. The Balaban J connectivity index is 0.000000525. The lowest BCUT2D eigenvalue weighted by Gasteiger charge is -2.18. The van der Waals surface area contributed by atoms with Crippen molar-refractivity contribution in [3.63, 3.8) is 0 Å². The highest BCUT2D eigenvalue weighted by Gasteiger charge is 2.06. The van der Waals surface area contributed by atoms with E-state index in [4.69, 9.17) is 4.74 Å². The summed E-state index contributed by atoms with van der Waals surface area (Å²) < 4.78 is 27.2. The fourth-order valence-electron chi connectivity index (χ4n) is 1.99. The van der Waals surface area contributed by atoms with Gasteiger partial charge in [0.1, 0.15) is 0 Å². The van der Waals surface area contributed by atoms with Crippen molar-refractivity contribution in [2.45, 2.75) is 38.5 Å². The highest BCUT2D eigenvalue weighted by Crippen LogP contribution is 2.17. The Hall–Kier alpha value is -1.85. The molecule has 0 aliphatic rings. The van der Waals surface area contributed by atoms with Gasteiger partial charge in [0.15, 0.2) is 9.84 Å². The Bertz CT molecular complexity index is 745. The van der Waals surface area contributed by atoms with Gasteiger partial charge < -0.3 is 9.64 Å². The molecular weight excluding hydrogens is 370 g/mol. The Morgan fingerprint density at radius 3 is 2.04 bits per heavy atom. The van der Waals surface area contributed by atoms with Crippen molar-refractivity contribution in [1.82, 2.24) is 4.90 Å². The van der Waals surface area contributed by atoms with Crippen LogP contribution in [0.15, 0.2) is 65.7 Å². The monoisotopic (exact) mass is 407 g/mol. The number of benzene rings is 1. The van der Waals surface area contributed by atoms with Crippen LogP contribution in [0, 0.1) is 5.92 Å². The molecule has 0 aliphatic heterocycles. The van der Waals surface area contributed by atoms with Crippen LogP contribution in [0.5, 0.6) is 0 Å². The second kappa shape index (κ2) is 12.6. The number of nitrogens with zero attached hydrogens (tertiary/aromatic N) is 1. The Kier molecular flexibility index (Phi) is 11.7. The molecule has 0 unspecified atom stereocenters. The lowest BCUT2D eigenvalue weighted by molar-refractivity contribution is 0.175. The number of rotatable bonds is 9. The number of likely N-dealkylation sites (N-methyl/N-ethyl adjacent to an activating group) is 1. The number of methoxy groups -OCH3 is 1. The lowest BCUT2D eigenvalue weighted by Crippen LogP contribution is -2.20. The van der Waals surface area contributed by atoms with Gasteiger partial charge in [-0.2, -0.15) is 0 Å². The summed E-state index contributed by atoms with van der Waals surface area (Å²) in [6.45, 7) is 17.9. The third-order valence-electron chi connectivity index (χ3n) is 4.33. The van der Waals surface area contributed by atoms with Crippen LogP contribution in [0.1, 0.15) is 39.2 Å². The van der Waals surface area contributed by atoms with Gasteiger partial charge in [-0.1, -0.05) is 64.6 Å². The van der Waals surface area contributed by atoms with Gasteiger partial charge in [-0.3, -0.25) is 0 Å². The summed E-state index contributed by atoms with van der Waals surface area (Å²) in [5.41, 5.74) is 3.26. The Labute approximate surface area is 172 Å². The maximum atomic E-state index is 11.1. The zero-order valence-electron chi connectivity index (χ0n) is 18.5. The normalized spacial score (nSPS) is 11.5. The number of hydrogen-bond donors (Lipinski definition) is 0. The molecule has 0 atom stereocenters. The first kappa shape index (κ1) is 26.1. The van der Waals surface area contributed by atoms with Gasteiger partial charge in [-0.05, 0) is 35.6 Å².